The number of amides is 2. The summed E-state index contributed by atoms with van der Waals surface area (Å²) in [5.74, 6) is -0.379. The Hall–Kier alpha value is -1.68. The minimum atomic E-state index is -0.532. The van der Waals surface area contributed by atoms with Gasteiger partial charge in [-0.25, -0.2) is 4.79 Å². The number of nitrogens with one attached hydrogen (secondary N) is 2. The Labute approximate surface area is 185 Å². The number of carbonyl (C=O) groups excluding carboxylic acids is 2. The molecule has 9 heteroatoms. The molecule has 0 aromatic carbocycles. The minimum absolute atomic E-state index is 0.0522. The Bertz CT molecular complexity index is 633. The first kappa shape index (κ1) is 25.6. The predicted octanol–water partition coefficient (Wildman–Crippen LogP) is 1.09. The largest absolute Gasteiger partial charge is 0.443 e. The summed E-state index contributed by atoms with van der Waals surface area (Å²) in [7, 11) is 1.61. The Kier molecular flexibility index (Phi) is 9.74. The van der Waals surface area contributed by atoms with Gasteiger partial charge < -0.3 is 35.7 Å². The van der Waals surface area contributed by atoms with Crippen LogP contribution in [0, 0.1) is 11.8 Å². The van der Waals surface area contributed by atoms with E-state index >= 15 is 0 Å². The number of epoxide rings is 1. The second-order valence-corrected chi connectivity index (χ2v) is 8.84. The van der Waals surface area contributed by atoms with Crippen molar-refractivity contribution < 1.29 is 28.9 Å². The molecule has 1 heterocycles. The van der Waals surface area contributed by atoms with E-state index in [0.717, 1.165) is 12.0 Å². The van der Waals surface area contributed by atoms with Gasteiger partial charge in [0.2, 0.25) is 5.91 Å². The number of nitrogens with two attached hydrogens (primary N) is 1. The zero-order chi connectivity index (χ0) is 23.0. The number of aliphatic hydroxyl groups is 1. The van der Waals surface area contributed by atoms with Gasteiger partial charge in [0.15, 0.2) is 0 Å². The molecule has 2 fully saturated rings. The molecule has 1 saturated carbocycles. The van der Waals surface area contributed by atoms with Crippen LogP contribution in [0.15, 0.2) is 11.6 Å². The molecule has 2 amide bonds. The molecule has 0 radical (unpaired) electrons. The smallest absolute Gasteiger partial charge is 0.407 e. The van der Waals surface area contributed by atoms with E-state index in [1.54, 1.807) is 7.11 Å². The SMILES string of the molecule is COC1C(OC(=O)NCCCNC(=O)CN)CC[C@]2(CO2)C1[C@H](C)[C@H](O)CC=C(C)C. The quantitative estimate of drug-likeness (QED) is 0.214. The van der Waals surface area contributed by atoms with E-state index < -0.39 is 18.3 Å². The molecule has 1 aliphatic carbocycles. The lowest BCUT2D eigenvalue weighted by atomic mass is 9.68. The summed E-state index contributed by atoms with van der Waals surface area (Å²) in [4.78, 5) is 23.4. The minimum Gasteiger partial charge on any atom is -0.443 e. The highest BCUT2D eigenvalue weighted by Crippen LogP contribution is 2.51. The molecule has 31 heavy (non-hydrogen) atoms. The third-order valence-corrected chi connectivity index (χ3v) is 6.30. The van der Waals surface area contributed by atoms with Crippen LogP contribution in [-0.2, 0) is 19.0 Å². The van der Waals surface area contributed by atoms with Gasteiger partial charge in [0.05, 0.1) is 24.9 Å². The Morgan fingerprint density at radius 3 is 2.58 bits per heavy atom. The van der Waals surface area contributed by atoms with E-state index in [2.05, 4.69) is 10.6 Å². The molecular formula is C22H39N3O6. The van der Waals surface area contributed by atoms with Crippen LogP contribution in [0.2, 0.25) is 0 Å². The molecule has 2 aliphatic rings. The number of ether oxygens (including phenoxy) is 3. The van der Waals surface area contributed by atoms with Crippen LogP contribution in [0.4, 0.5) is 4.79 Å². The number of aliphatic hydroxyl groups excluding tert-OH is 1. The van der Waals surface area contributed by atoms with Crippen molar-refractivity contribution in [3.63, 3.8) is 0 Å². The fourth-order valence-electron chi connectivity index (χ4n) is 4.45. The van der Waals surface area contributed by atoms with Gasteiger partial charge in [0.25, 0.3) is 0 Å². The molecule has 1 aliphatic heterocycles. The second-order valence-electron chi connectivity index (χ2n) is 8.84. The molecule has 3 unspecified atom stereocenters. The van der Waals surface area contributed by atoms with Crippen molar-refractivity contribution in [1.29, 1.82) is 0 Å². The maximum Gasteiger partial charge on any atom is 0.407 e. The van der Waals surface area contributed by atoms with Crippen molar-refractivity contribution in [1.82, 2.24) is 10.6 Å². The van der Waals surface area contributed by atoms with Crippen LogP contribution in [0.5, 0.6) is 0 Å². The highest BCUT2D eigenvalue weighted by atomic mass is 16.6. The summed E-state index contributed by atoms with van der Waals surface area (Å²) in [6, 6.07) is 0. The first-order valence-corrected chi connectivity index (χ1v) is 11.1. The normalized spacial score (nSPS) is 29.0. The Morgan fingerprint density at radius 2 is 2.00 bits per heavy atom. The molecule has 6 atom stereocenters. The predicted molar refractivity (Wildman–Crippen MR) is 116 cm³/mol. The van der Waals surface area contributed by atoms with Crippen LogP contribution < -0.4 is 16.4 Å². The van der Waals surface area contributed by atoms with Gasteiger partial charge in [0, 0.05) is 26.1 Å². The van der Waals surface area contributed by atoms with Crippen molar-refractivity contribution in [2.24, 2.45) is 17.6 Å². The van der Waals surface area contributed by atoms with Gasteiger partial charge in [0.1, 0.15) is 12.2 Å². The third-order valence-electron chi connectivity index (χ3n) is 6.30. The maximum absolute atomic E-state index is 12.3. The molecule has 2 rings (SSSR count). The van der Waals surface area contributed by atoms with Crippen LogP contribution in [0.25, 0.3) is 0 Å². The van der Waals surface area contributed by atoms with E-state index in [4.69, 9.17) is 19.9 Å². The summed E-state index contributed by atoms with van der Waals surface area (Å²) in [6.07, 6.45) is 2.76. The first-order valence-electron chi connectivity index (χ1n) is 11.1. The van der Waals surface area contributed by atoms with E-state index in [1.165, 1.54) is 0 Å². The zero-order valence-corrected chi connectivity index (χ0v) is 19.2. The average Bonchev–Trinajstić information content (AvgIpc) is 3.51. The van der Waals surface area contributed by atoms with E-state index in [0.29, 0.717) is 39.0 Å². The maximum atomic E-state index is 12.3. The topological polar surface area (TPSA) is 135 Å². The fraction of sp³-hybridized carbons (Fsp3) is 0.818. The molecule has 5 N–H and O–H groups in total. The summed E-state index contributed by atoms with van der Waals surface area (Å²) in [5.41, 5.74) is 6.09. The van der Waals surface area contributed by atoms with Crippen LogP contribution >= 0.6 is 0 Å². The lowest BCUT2D eigenvalue weighted by Gasteiger charge is -2.44. The van der Waals surface area contributed by atoms with Gasteiger partial charge in [-0.3, -0.25) is 4.79 Å². The number of hydrogen-bond acceptors (Lipinski definition) is 7. The van der Waals surface area contributed by atoms with Crippen molar-refractivity contribution in [3.05, 3.63) is 11.6 Å². The van der Waals surface area contributed by atoms with Crippen molar-refractivity contribution >= 4 is 12.0 Å². The standard InChI is InChI=1S/C22H39N3O6/c1-14(2)6-7-16(26)15(3)19-20(29-4)17(8-9-22(19)13-30-22)31-21(28)25-11-5-10-24-18(27)12-23/h6,15-17,19-20,26H,5,7-13,23H2,1-4H3,(H,24,27)(H,25,28)/t15-,16-,17?,19?,20?,22+/m1/s1. The molecule has 0 aromatic heterocycles. The lowest BCUT2D eigenvalue weighted by Crippen LogP contribution is -2.54. The summed E-state index contributed by atoms with van der Waals surface area (Å²) >= 11 is 0. The van der Waals surface area contributed by atoms with Crippen LogP contribution in [0.3, 0.4) is 0 Å². The molecule has 0 aromatic rings. The van der Waals surface area contributed by atoms with Crippen LogP contribution in [0.1, 0.15) is 46.5 Å². The van der Waals surface area contributed by atoms with Gasteiger partial charge in [-0.1, -0.05) is 18.6 Å². The van der Waals surface area contributed by atoms with Gasteiger partial charge in [-0.2, -0.15) is 0 Å². The number of allylic oxidation sites excluding steroid dienone is 1. The molecule has 1 saturated heterocycles. The van der Waals surface area contributed by atoms with Crippen LogP contribution in [-0.4, -0.2) is 74.4 Å². The highest BCUT2D eigenvalue weighted by molar-refractivity contribution is 5.77. The monoisotopic (exact) mass is 441 g/mol. The fourth-order valence-corrected chi connectivity index (χ4v) is 4.45. The molecule has 9 nitrogen and oxygen atoms in total. The third kappa shape index (κ3) is 7.17. The lowest BCUT2D eigenvalue weighted by molar-refractivity contribution is -0.126. The summed E-state index contributed by atoms with van der Waals surface area (Å²) < 4.78 is 17.3. The highest BCUT2D eigenvalue weighted by Gasteiger charge is 2.61. The Balaban J connectivity index is 1.92. The van der Waals surface area contributed by atoms with Gasteiger partial charge in [-0.15, -0.1) is 0 Å². The zero-order valence-electron chi connectivity index (χ0n) is 19.2. The first-order chi connectivity index (χ1) is 14.7. The van der Waals surface area contributed by atoms with Crippen molar-refractivity contribution in [2.75, 3.05) is 33.4 Å². The van der Waals surface area contributed by atoms with E-state index in [9.17, 15) is 14.7 Å². The van der Waals surface area contributed by atoms with Gasteiger partial charge in [-0.05, 0) is 45.4 Å². The van der Waals surface area contributed by atoms with E-state index in [-0.39, 0.29) is 36.0 Å². The molecule has 1 spiro atoms. The van der Waals surface area contributed by atoms with E-state index in [1.807, 2.05) is 26.8 Å². The number of hydrogen-bond donors (Lipinski definition) is 4. The molecule has 0 bridgehead atoms. The number of rotatable bonds is 11. The number of carbonyl (C=O) groups is 2. The van der Waals surface area contributed by atoms with Gasteiger partial charge >= 0.3 is 6.09 Å². The average molecular weight is 442 g/mol. The molecular weight excluding hydrogens is 402 g/mol. The number of methoxy groups -OCH3 is 1. The second kappa shape index (κ2) is 11.8. The number of alkyl carbamates (subject to hydrolysis) is 1. The van der Waals surface area contributed by atoms with Crippen molar-refractivity contribution in [2.45, 2.75) is 70.4 Å². The molecule has 178 valence electrons. The Morgan fingerprint density at radius 1 is 1.32 bits per heavy atom. The van der Waals surface area contributed by atoms with Crippen molar-refractivity contribution in [3.8, 4) is 0 Å². The summed E-state index contributed by atoms with van der Waals surface area (Å²) in [5, 5.41) is 16.1. The summed E-state index contributed by atoms with van der Waals surface area (Å²) in [6.45, 7) is 7.44.